The van der Waals surface area contributed by atoms with Crippen molar-refractivity contribution in [1.82, 2.24) is 15.2 Å². The Morgan fingerprint density at radius 2 is 1.83 bits per heavy atom. The maximum Gasteiger partial charge on any atom is 0.253 e. The molecule has 0 aliphatic carbocycles. The lowest BCUT2D eigenvalue weighted by Crippen LogP contribution is -2.44. The summed E-state index contributed by atoms with van der Waals surface area (Å²) in [5, 5.41) is 4.09. The Morgan fingerprint density at radius 1 is 1.07 bits per heavy atom. The Bertz CT molecular complexity index is 1090. The molecule has 0 atom stereocenters. The van der Waals surface area contributed by atoms with Crippen LogP contribution in [0.1, 0.15) is 40.0 Å². The summed E-state index contributed by atoms with van der Waals surface area (Å²) in [7, 11) is 0. The third kappa shape index (κ3) is 4.49. The van der Waals surface area contributed by atoms with Gasteiger partial charge in [-0.2, -0.15) is 0 Å². The van der Waals surface area contributed by atoms with E-state index in [1.54, 1.807) is 6.07 Å². The number of likely N-dealkylation sites (tertiary alicyclic amines) is 1. The summed E-state index contributed by atoms with van der Waals surface area (Å²) in [5.74, 6) is -1.74. The summed E-state index contributed by atoms with van der Waals surface area (Å²) in [6, 6.07) is 12.1. The quantitative estimate of drug-likeness (QED) is 0.689. The lowest BCUT2D eigenvalue weighted by Gasteiger charge is -2.32. The van der Waals surface area contributed by atoms with E-state index in [2.05, 4.69) is 15.2 Å². The molecular weight excluding hydrogens is 384 g/mol. The van der Waals surface area contributed by atoms with E-state index >= 15 is 0 Å². The van der Waals surface area contributed by atoms with Gasteiger partial charge in [0.2, 0.25) is 0 Å². The molecule has 0 spiro atoms. The first kappa shape index (κ1) is 20.4. The molecule has 0 bridgehead atoms. The monoisotopic (exact) mass is 409 g/mol. The minimum atomic E-state index is -0.825. The number of pyridine rings is 1. The number of piperidine rings is 1. The van der Waals surface area contributed by atoms with E-state index in [1.807, 2.05) is 38.1 Å². The van der Waals surface area contributed by atoms with Crippen molar-refractivity contribution in [3.8, 4) is 0 Å². The predicted molar refractivity (Wildman–Crippen MR) is 113 cm³/mol. The van der Waals surface area contributed by atoms with E-state index in [4.69, 9.17) is 0 Å². The predicted octanol–water partition coefficient (Wildman–Crippen LogP) is 4.52. The number of aryl methyl sites for hydroxylation is 2. The van der Waals surface area contributed by atoms with Crippen LogP contribution >= 0.6 is 0 Å². The zero-order valence-electron chi connectivity index (χ0n) is 17.2. The largest absolute Gasteiger partial charge is 0.349 e. The molecule has 1 amide bonds. The van der Waals surface area contributed by atoms with Crippen LogP contribution in [0.4, 0.5) is 8.78 Å². The molecule has 1 aliphatic rings. The van der Waals surface area contributed by atoms with Gasteiger partial charge in [-0.05, 0) is 62.1 Å². The van der Waals surface area contributed by atoms with Crippen LogP contribution in [-0.2, 0) is 6.54 Å². The molecular formula is C24H25F2N3O. The summed E-state index contributed by atoms with van der Waals surface area (Å²) >= 11 is 0. The average molecular weight is 409 g/mol. The van der Waals surface area contributed by atoms with Crippen molar-refractivity contribution in [2.75, 3.05) is 13.1 Å². The second kappa shape index (κ2) is 8.48. The van der Waals surface area contributed by atoms with Crippen LogP contribution in [0.15, 0.2) is 42.5 Å². The standard InChI is InChI=1S/C24H25F2N3O/c1-15-3-5-18-13-20(16(2)27-23(18)11-15)24(30)28-19-7-9-29(10-8-19)14-17-4-6-21(25)22(26)12-17/h3-6,11-13,19H,7-10,14H2,1-2H3,(H,28,30). The van der Waals surface area contributed by atoms with E-state index in [1.165, 1.54) is 12.1 Å². The number of aromatic nitrogens is 1. The first-order valence-electron chi connectivity index (χ1n) is 10.2. The molecule has 2 aromatic carbocycles. The van der Waals surface area contributed by atoms with E-state index in [0.717, 1.165) is 53.7 Å². The van der Waals surface area contributed by atoms with Crippen molar-refractivity contribution >= 4 is 16.8 Å². The molecule has 4 nitrogen and oxygen atoms in total. The Hall–Kier alpha value is -2.86. The number of nitrogens with one attached hydrogen (secondary N) is 1. The molecule has 0 unspecified atom stereocenters. The van der Waals surface area contributed by atoms with Crippen LogP contribution in [0.2, 0.25) is 0 Å². The van der Waals surface area contributed by atoms with Crippen molar-refractivity contribution in [1.29, 1.82) is 0 Å². The van der Waals surface area contributed by atoms with Gasteiger partial charge in [-0.3, -0.25) is 14.7 Å². The van der Waals surface area contributed by atoms with Gasteiger partial charge in [0.05, 0.1) is 16.8 Å². The summed E-state index contributed by atoms with van der Waals surface area (Å²) in [6.45, 7) is 6.04. The first-order chi connectivity index (χ1) is 14.4. The van der Waals surface area contributed by atoms with Crippen molar-refractivity contribution in [2.24, 2.45) is 0 Å². The average Bonchev–Trinajstić information content (AvgIpc) is 2.71. The summed E-state index contributed by atoms with van der Waals surface area (Å²) in [4.78, 5) is 19.6. The fourth-order valence-electron chi connectivity index (χ4n) is 4.00. The lowest BCUT2D eigenvalue weighted by molar-refractivity contribution is 0.0908. The molecule has 1 N–H and O–H groups in total. The number of halogens is 2. The van der Waals surface area contributed by atoms with E-state index in [0.29, 0.717) is 12.1 Å². The zero-order valence-corrected chi connectivity index (χ0v) is 17.2. The minimum absolute atomic E-state index is 0.0896. The summed E-state index contributed by atoms with van der Waals surface area (Å²) in [5.41, 5.74) is 4.12. The number of rotatable bonds is 4. The Morgan fingerprint density at radius 3 is 2.57 bits per heavy atom. The summed E-state index contributed by atoms with van der Waals surface area (Å²) in [6.07, 6.45) is 1.63. The van der Waals surface area contributed by atoms with E-state index in [9.17, 15) is 13.6 Å². The molecule has 1 aliphatic heterocycles. The number of hydrogen-bond acceptors (Lipinski definition) is 3. The van der Waals surface area contributed by atoms with Crippen LogP contribution in [-0.4, -0.2) is 34.9 Å². The molecule has 1 fully saturated rings. The number of fused-ring (bicyclic) bond motifs is 1. The fraction of sp³-hybridized carbons (Fsp3) is 0.333. The molecule has 0 saturated carbocycles. The van der Waals surface area contributed by atoms with Crippen molar-refractivity contribution < 1.29 is 13.6 Å². The van der Waals surface area contributed by atoms with Crippen molar-refractivity contribution in [3.63, 3.8) is 0 Å². The Balaban J connectivity index is 1.36. The van der Waals surface area contributed by atoms with Gasteiger partial charge in [0.25, 0.3) is 5.91 Å². The topological polar surface area (TPSA) is 45.2 Å². The Labute approximate surface area is 174 Å². The van der Waals surface area contributed by atoms with E-state index in [-0.39, 0.29) is 11.9 Å². The maximum atomic E-state index is 13.4. The number of carbonyl (C=O) groups is 1. The minimum Gasteiger partial charge on any atom is -0.349 e. The number of carbonyl (C=O) groups excluding carboxylic acids is 1. The van der Waals surface area contributed by atoms with Crippen LogP contribution in [0, 0.1) is 25.5 Å². The number of amides is 1. The van der Waals surface area contributed by atoms with Crippen LogP contribution < -0.4 is 5.32 Å². The van der Waals surface area contributed by atoms with E-state index < -0.39 is 11.6 Å². The highest BCUT2D eigenvalue weighted by Crippen LogP contribution is 2.20. The van der Waals surface area contributed by atoms with Crippen LogP contribution in [0.25, 0.3) is 10.9 Å². The highest BCUT2D eigenvalue weighted by atomic mass is 19.2. The molecule has 4 rings (SSSR count). The van der Waals surface area contributed by atoms with Gasteiger partial charge in [-0.1, -0.05) is 18.2 Å². The first-order valence-corrected chi connectivity index (χ1v) is 10.2. The van der Waals surface area contributed by atoms with Crippen molar-refractivity contribution in [3.05, 3.63) is 76.5 Å². The normalized spacial score (nSPS) is 15.5. The van der Waals surface area contributed by atoms with Gasteiger partial charge in [-0.25, -0.2) is 8.78 Å². The number of hydrogen-bond donors (Lipinski definition) is 1. The van der Waals surface area contributed by atoms with Gasteiger partial charge in [0, 0.05) is 31.1 Å². The number of benzene rings is 2. The molecule has 6 heteroatoms. The van der Waals surface area contributed by atoms with Gasteiger partial charge in [-0.15, -0.1) is 0 Å². The van der Waals surface area contributed by atoms with Gasteiger partial charge < -0.3 is 5.32 Å². The van der Waals surface area contributed by atoms with Crippen molar-refractivity contribution in [2.45, 2.75) is 39.3 Å². The van der Waals surface area contributed by atoms with Gasteiger partial charge >= 0.3 is 0 Å². The van der Waals surface area contributed by atoms with Crippen LogP contribution in [0.5, 0.6) is 0 Å². The highest BCUT2D eigenvalue weighted by Gasteiger charge is 2.22. The summed E-state index contributed by atoms with van der Waals surface area (Å²) < 4.78 is 26.5. The second-order valence-electron chi connectivity index (χ2n) is 8.09. The molecule has 1 saturated heterocycles. The Kier molecular flexibility index (Phi) is 5.77. The molecule has 1 aromatic heterocycles. The highest BCUT2D eigenvalue weighted by molar-refractivity contribution is 5.98. The second-order valence-corrected chi connectivity index (χ2v) is 8.09. The molecule has 3 aromatic rings. The molecule has 30 heavy (non-hydrogen) atoms. The maximum absolute atomic E-state index is 13.4. The van der Waals surface area contributed by atoms with Gasteiger partial charge in [0.1, 0.15) is 0 Å². The van der Waals surface area contributed by atoms with Crippen LogP contribution in [0.3, 0.4) is 0 Å². The third-order valence-electron chi connectivity index (χ3n) is 5.72. The molecule has 2 heterocycles. The fourth-order valence-corrected chi connectivity index (χ4v) is 4.00. The lowest BCUT2D eigenvalue weighted by atomic mass is 10.0. The number of nitrogens with zero attached hydrogens (tertiary/aromatic N) is 2. The SMILES string of the molecule is Cc1ccc2cc(C(=O)NC3CCN(Cc4ccc(F)c(F)c4)CC3)c(C)nc2c1. The van der Waals surface area contributed by atoms with Gasteiger partial charge in [0.15, 0.2) is 11.6 Å². The molecule has 156 valence electrons. The zero-order chi connectivity index (χ0) is 21.3. The third-order valence-corrected chi connectivity index (χ3v) is 5.72. The smallest absolute Gasteiger partial charge is 0.253 e. The molecule has 0 radical (unpaired) electrons.